The first-order valence-electron chi connectivity index (χ1n) is 7.78. The molecule has 0 fully saturated rings. The Hall–Kier alpha value is -0.710. The fourth-order valence-electron chi connectivity index (χ4n) is 2.02. The van der Waals surface area contributed by atoms with Gasteiger partial charge in [0.25, 0.3) is 0 Å². The van der Waals surface area contributed by atoms with Gasteiger partial charge in [-0.05, 0) is 19.0 Å². The van der Waals surface area contributed by atoms with E-state index in [2.05, 4.69) is 38.2 Å². The van der Waals surface area contributed by atoms with E-state index in [4.69, 9.17) is 9.47 Å². The molecule has 21 heavy (non-hydrogen) atoms. The SMILES string of the molecule is CCNC(CSC(C)CC)c1ccccc1OCCOC. The van der Waals surface area contributed by atoms with Crippen LogP contribution in [0.25, 0.3) is 0 Å². The van der Waals surface area contributed by atoms with E-state index in [-0.39, 0.29) is 0 Å². The summed E-state index contributed by atoms with van der Waals surface area (Å²) in [5.74, 6) is 2.03. The molecule has 0 aromatic heterocycles. The topological polar surface area (TPSA) is 30.5 Å². The van der Waals surface area contributed by atoms with Crippen molar-refractivity contribution >= 4 is 11.8 Å². The van der Waals surface area contributed by atoms with Crippen molar-refractivity contribution in [3.05, 3.63) is 29.8 Å². The van der Waals surface area contributed by atoms with E-state index in [0.29, 0.717) is 24.5 Å². The van der Waals surface area contributed by atoms with Crippen molar-refractivity contribution in [2.45, 2.75) is 38.5 Å². The normalized spacial score (nSPS) is 13.9. The Morgan fingerprint density at radius 2 is 1.95 bits per heavy atom. The van der Waals surface area contributed by atoms with Crippen molar-refractivity contribution in [2.24, 2.45) is 0 Å². The lowest BCUT2D eigenvalue weighted by Gasteiger charge is -2.22. The number of nitrogens with one attached hydrogen (secondary N) is 1. The maximum atomic E-state index is 5.86. The Morgan fingerprint density at radius 3 is 2.62 bits per heavy atom. The molecule has 0 amide bonds. The number of thioether (sulfide) groups is 1. The van der Waals surface area contributed by atoms with E-state index in [9.17, 15) is 0 Å². The molecule has 0 bridgehead atoms. The van der Waals surface area contributed by atoms with Crippen LogP contribution < -0.4 is 10.1 Å². The lowest BCUT2D eigenvalue weighted by molar-refractivity contribution is 0.145. The number of hydrogen-bond donors (Lipinski definition) is 1. The third kappa shape index (κ3) is 6.72. The Bertz CT molecular complexity index is 387. The van der Waals surface area contributed by atoms with Crippen molar-refractivity contribution < 1.29 is 9.47 Å². The van der Waals surface area contributed by atoms with Crippen molar-refractivity contribution in [1.82, 2.24) is 5.32 Å². The quantitative estimate of drug-likeness (QED) is 0.628. The van der Waals surface area contributed by atoms with Crippen molar-refractivity contribution in [1.29, 1.82) is 0 Å². The smallest absolute Gasteiger partial charge is 0.124 e. The van der Waals surface area contributed by atoms with Crippen LogP contribution >= 0.6 is 11.8 Å². The number of methoxy groups -OCH3 is 1. The van der Waals surface area contributed by atoms with E-state index in [0.717, 1.165) is 18.0 Å². The Balaban J connectivity index is 2.75. The first-order valence-corrected chi connectivity index (χ1v) is 8.83. The van der Waals surface area contributed by atoms with Crippen LogP contribution in [0.4, 0.5) is 0 Å². The van der Waals surface area contributed by atoms with Gasteiger partial charge in [0.15, 0.2) is 0 Å². The molecule has 2 atom stereocenters. The lowest BCUT2D eigenvalue weighted by Crippen LogP contribution is -2.24. The highest BCUT2D eigenvalue weighted by Crippen LogP contribution is 2.29. The van der Waals surface area contributed by atoms with Gasteiger partial charge in [-0.25, -0.2) is 0 Å². The minimum atomic E-state index is 0.327. The van der Waals surface area contributed by atoms with E-state index in [1.54, 1.807) is 7.11 Å². The largest absolute Gasteiger partial charge is 0.491 e. The fraction of sp³-hybridized carbons (Fsp3) is 0.647. The molecule has 0 aliphatic carbocycles. The van der Waals surface area contributed by atoms with Gasteiger partial charge < -0.3 is 14.8 Å². The number of rotatable bonds is 11. The zero-order valence-electron chi connectivity index (χ0n) is 13.7. The van der Waals surface area contributed by atoms with E-state index in [1.807, 2.05) is 23.9 Å². The standard InChI is InChI=1S/C17H29NO2S/c1-5-14(3)21-13-16(18-6-2)15-9-7-8-10-17(15)20-12-11-19-4/h7-10,14,16,18H,5-6,11-13H2,1-4H3. The third-order valence-corrected chi connectivity index (χ3v) is 4.84. The highest BCUT2D eigenvalue weighted by molar-refractivity contribution is 7.99. The summed E-state index contributed by atoms with van der Waals surface area (Å²) in [5.41, 5.74) is 1.24. The average molecular weight is 311 g/mol. The molecule has 2 unspecified atom stereocenters. The molecule has 1 N–H and O–H groups in total. The summed E-state index contributed by atoms with van der Waals surface area (Å²) in [4.78, 5) is 0. The molecule has 0 heterocycles. The monoisotopic (exact) mass is 311 g/mol. The second kappa shape index (κ2) is 10.9. The number of para-hydroxylation sites is 1. The predicted octanol–water partition coefficient (Wildman–Crippen LogP) is 3.89. The van der Waals surface area contributed by atoms with Gasteiger partial charge in [-0.1, -0.05) is 39.0 Å². The minimum absolute atomic E-state index is 0.327. The van der Waals surface area contributed by atoms with Gasteiger partial charge in [0.05, 0.1) is 6.61 Å². The van der Waals surface area contributed by atoms with Crippen LogP contribution in [0.1, 0.15) is 38.8 Å². The average Bonchev–Trinajstić information content (AvgIpc) is 2.52. The zero-order valence-corrected chi connectivity index (χ0v) is 14.5. The molecule has 1 aromatic carbocycles. The molecular formula is C17H29NO2S. The second-order valence-corrected chi connectivity index (χ2v) is 6.51. The fourth-order valence-corrected chi connectivity index (χ4v) is 3.07. The summed E-state index contributed by atoms with van der Waals surface area (Å²) in [6.07, 6.45) is 1.20. The van der Waals surface area contributed by atoms with Crippen LogP contribution in [0.3, 0.4) is 0 Å². The van der Waals surface area contributed by atoms with E-state index >= 15 is 0 Å². The van der Waals surface area contributed by atoms with Gasteiger partial charge in [-0.3, -0.25) is 0 Å². The third-order valence-electron chi connectivity index (χ3n) is 3.41. The van der Waals surface area contributed by atoms with Crippen molar-refractivity contribution in [3.63, 3.8) is 0 Å². The maximum Gasteiger partial charge on any atom is 0.124 e. The van der Waals surface area contributed by atoms with Crippen molar-refractivity contribution in [2.75, 3.05) is 32.6 Å². The van der Waals surface area contributed by atoms with Crippen LogP contribution in [-0.2, 0) is 4.74 Å². The Labute approximate surface area is 133 Å². The predicted molar refractivity (Wildman–Crippen MR) is 92.4 cm³/mol. The molecule has 1 rings (SSSR count). The van der Waals surface area contributed by atoms with Gasteiger partial charge in [0.2, 0.25) is 0 Å². The number of ether oxygens (including phenoxy) is 2. The minimum Gasteiger partial charge on any atom is -0.491 e. The molecule has 120 valence electrons. The highest BCUT2D eigenvalue weighted by Gasteiger charge is 2.16. The maximum absolute atomic E-state index is 5.86. The molecule has 1 aromatic rings. The number of hydrogen-bond acceptors (Lipinski definition) is 4. The molecule has 0 aliphatic heterocycles. The molecule has 0 aliphatic rings. The van der Waals surface area contributed by atoms with Crippen LogP contribution in [0.2, 0.25) is 0 Å². The first kappa shape index (κ1) is 18.3. The van der Waals surface area contributed by atoms with Crippen LogP contribution in [0.5, 0.6) is 5.75 Å². The van der Waals surface area contributed by atoms with Gasteiger partial charge >= 0.3 is 0 Å². The summed E-state index contributed by atoms with van der Waals surface area (Å²) in [7, 11) is 1.69. The van der Waals surface area contributed by atoms with Crippen LogP contribution in [0.15, 0.2) is 24.3 Å². The molecule has 0 radical (unpaired) electrons. The molecule has 0 saturated heterocycles. The van der Waals surface area contributed by atoms with E-state index < -0.39 is 0 Å². The Morgan fingerprint density at radius 1 is 1.19 bits per heavy atom. The molecular weight excluding hydrogens is 282 g/mol. The molecule has 3 nitrogen and oxygen atoms in total. The summed E-state index contributed by atoms with van der Waals surface area (Å²) in [6.45, 7) is 8.83. The van der Waals surface area contributed by atoms with Gasteiger partial charge in [-0.2, -0.15) is 11.8 Å². The van der Waals surface area contributed by atoms with Gasteiger partial charge in [0, 0.05) is 29.7 Å². The van der Waals surface area contributed by atoms with Gasteiger partial charge in [-0.15, -0.1) is 0 Å². The summed E-state index contributed by atoms with van der Waals surface area (Å²) in [6, 6.07) is 8.64. The molecule has 0 saturated carbocycles. The lowest BCUT2D eigenvalue weighted by atomic mass is 10.1. The number of benzene rings is 1. The zero-order chi connectivity index (χ0) is 15.5. The van der Waals surface area contributed by atoms with Crippen LogP contribution in [0, 0.1) is 0 Å². The van der Waals surface area contributed by atoms with Crippen LogP contribution in [-0.4, -0.2) is 37.9 Å². The second-order valence-electron chi connectivity index (χ2n) is 5.04. The Kier molecular flexibility index (Phi) is 9.55. The molecule has 4 heteroatoms. The molecule has 0 spiro atoms. The highest BCUT2D eigenvalue weighted by atomic mass is 32.2. The first-order chi connectivity index (χ1) is 10.2. The summed E-state index contributed by atoms with van der Waals surface area (Å²) >= 11 is 2.01. The van der Waals surface area contributed by atoms with E-state index in [1.165, 1.54) is 12.0 Å². The van der Waals surface area contributed by atoms with Crippen molar-refractivity contribution in [3.8, 4) is 5.75 Å². The summed E-state index contributed by atoms with van der Waals surface area (Å²) in [5, 5.41) is 4.26. The van der Waals surface area contributed by atoms with Gasteiger partial charge in [0.1, 0.15) is 12.4 Å². The summed E-state index contributed by atoms with van der Waals surface area (Å²) < 4.78 is 10.9.